The average molecular weight is 336 g/mol. The van der Waals surface area contributed by atoms with E-state index in [9.17, 15) is 0 Å². The predicted octanol–water partition coefficient (Wildman–Crippen LogP) is 3.76. The summed E-state index contributed by atoms with van der Waals surface area (Å²) in [6.07, 6.45) is 0.825. The molecule has 0 amide bonds. The van der Waals surface area contributed by atoms with Crippen LogP contribution in [0, 0.1) is 0 Å². The minimum Gasteiger partial charge on any atom is -0.493 e. The minimum absolute atomic E-state index is 0.491. The third-order valence-corrected chi connectivity index (χ3v) is 3.30. The van der Waals surface area contributed by atoms with Gasteiger partial charge in [0.15, 0.2) is 0 Å². The Bertz CT molecular complexity index is 546. The first kappa shape index (κ1) is 14.9. The Morgan fingerprint density at radius 2 is 1.75 bits per heavy atom. The largest absolute Gasteiger partial charge is 0.493 e. The van der Waals surface area contributed by atoms with Crippen LogP contribution in [-0.4, -0.2) is 13.2 Å². The Balaban J connectivity index is 1.71. The van der Waals surface area contributed by atoms with Gasteiger partial charge in [0.2, 0.25) is 0 Å². The van der Waals surface area contributed by atoms with Gasteiger partial charge in [0.1, 0.15) is 11.5 Å². The number of halogens is 1. The van der Waals surface area contributed by atoms with Crippen LogP contribution < -0.4 is 15.2 Å². The number of rotatable bonds is 7. The third kappa shape index (κ3) is 4.54. The topological polar surface area (TPSA) is 44.5 Å². The molecule has 0 bridgehead atoms. The molecule has 0 radical (unpaired) electrons. The number of hydrogen-bond donors (Lipinski definition) is 1. The molecule has 2 rings (SSSR count). The molecule has 0 aliphatic rings. The summed E-state index contributed by atoms with van der Waals surface area (Å²) in [6, 6.07) is 15.6. The number of benzene rings is 2. The van der Waals surface area contributed by atoms with Crippen LogP contribution in [0.5, 0.6) is 11.5 Å². The molecule has 0 spiro atoms. The van der Waals surface area contributed by atoms with Crippen LogP contribution in [0.4, 0.5) is 0 Å². The summed E-state index contributed by atoms with van der Waals surface area (Å²) in [6.45, 7) is 1.73. The van der Waals surface area contributed by atoms with Crippen LogP contribution in [0.1, 0.15) is 12.0 Å². The Morgan fingerprint density at radius 3 is 2.55 bits per heavy atom. The molecule has 20 heavy (non-hydrogen) atoms. The summed E-state index contributed by atoms with van der Waals surface area (Å²) in [5.41, 5.74) is 6.69. The summed E-state index contributed by atoms with van der Waals surface area (Å²) in [5, 5.41) is 0. The molecule has 0 unspecified atom stereocenters. The highest BCUT2D eigenvalue weighted by atomic mass is 79.9. The fraction of sp³-hybridized carbons (Fsp3) is 0.250. The molecule has 2 aromatic rings. The average Bonchev–Trinajstić information content (AvgIpc) is 2.47. The first-order valence-electron chi connectivity index (χ1n) is 6.59. The molecular weight excluding hydrogens is 318 g/mol. The Hall–Kier alpha value is -1.52. The van der Waals surface area contributed by atoms with Gasteiger partial charge in [0, 0.05) is 23.0 Å². The maximum Gasteiger partial charge on any atom is 0.123 e. The van der Waals surface area contributed by atoms with Crippen molar-refractivity contribution in [3.05, 3.63) is 58.6 Å². The van der Waals surface area contributed by atoms with Crippen LogP contribution >= 0.6 is 15.9 Å². The molecule has 0 aliphatic heterocycles. The molecule has 0 aromatic heterocycles. The van der Waals surface area contributed by atoms with E-state index in [4.69, 9.17) is 15.2 Å². The van der Waals surface area contributed by atoms with Gasteiger partial charge < -0.3 is 15.2 Å². The number of para-hydroxylation sites is 1. The quantitative estimate of drug-likeness (QED) is 0.783. The Kier molecular flexibility index (Phi) is 5.89. The molecule has 106 valence electrons. The molecule has 2 N–H and O–H groups in total. The number of ether oxygens (including phenoxy) is 2. The highest BCUT2D eigenvalue weighted by molar-refractivity contribution is 9.10. The molecule has 0 atom stereocenters. The van der Waals surface area contributed by atoms with Gasteiger partial charge in [-0.2, -0.15) is 0 Å². The van der Waals surface area contributed by atoms with Crippen LogP contribution in [-0.2, 0) is 6.54 Å². The standard InChI is InChI=1S/C16H18BrNO2/c17-14-6-3-7-15(11-14)19-9-4-10-20-16-8-2-1-5-13(16)12-18/h1-3,5-8,11H,4,9-10,12,18H2. The summed E-state index contributed by atoms with van der Waals surface area (Å²) >= 11 is 3.41. The summed E-state index contributed by atoms with van der Waals surface area (Å²) in [7, 11) is 0. The highest BCUT2D eigenvalue weighted by Gasteiger charge is 2.00. The van der Waals surface area contributed by atoms with Gasteiger partial charge >= 0.3 is 0 Å². The van der Waals surface area contributed by atoms with Crippen LogP contribution in [0.25, 0.3) is 0 Å². The van der Waals surface area contributed by atoms with Gasteiger partial charge in [0.25, 0.3) is 0 Å². The molecule has 2 aromatic carbocycles. The van der Waals surface area contributed by atoms with Crippen molar-refractivity contribution in [3.8, 4) is 11.5 Å². The maximum atomic E-state index is 5.72. The number of nitrogens with two attached hydrogens (primary N) is 1. The van der Waals surface area contributed by atoms with Crippen molar-refractivity contribution in [1.29, 1.82) is 0 Å². The normalized spacial score (nSPS) is 10.3. The molecular formula is C16H18BrNO2. The summed E-state index contributed by atoms with van der Waals surface area (Å²) in [4.78, 5) is 0. The zero-order valence-electron chi connectivity index (χ0n) is 11.2. The van der Waals surface area contributed by atoms with E-state index in [0.717, 1.165) is 28.0 Å². The molecule has 0 saturated carbocycles. The lowest BCUT2D eigenvalue weighted by Crippen LogP contribution is -2.07. The van der Waals surface area contributed by atoms with Gasteiger partial charge in [-0.25, -0.2) is 0 Å². The molecule has 4 heteroatoms. The monoisotopic (exact) mass is 335 g/mol. The van der Waals surface area contributed by atoms with Crippen molar-refractivity contribution in [1.82, 2.24) is 0 Å². The van der Waals surface area contributed by atoms with E-state index in [2.05, 4.69) is 15.9 Å². The maximum absolute atomic E-state index is 5.72. The third-order valence-electron chi connectivity index (χ3n) is 2.80. The van der Waals surface area contributed by atoms with E-state index in [1.807, 2.05) is 48.5 Å². The van der Waals surface area contributed by atoms with Crippen LogP contribution in [0.15, 0.2) is 53.0 Å². The smallest absolute Gasteiger partial charge is 0.123 e. The second kappa shape index (κ2) is 7.92. The van der Waals surface area contributed by atoms with Gasteiger partial charge in [0.05, 0.1) is 13.2 Å². The molecule has 0 heterocycles. The zero-order chi connectivity index (χ0) is 14.2. The molecule has 3 nitrogen and oxygen atoms in total. The van der Waals surface area contributed by atoms with Gasteiger partial charge in [-0.15, -0.1) is 0 Å². The SMILES string of the molecule is NCc1ccccc1OCCCOc1cccc(Br)c1. The van der Waals surface area contributed by atoms with Crippen molar-refractivity contribution in [3.63, 3.8) is 0 Å². The first-order valence-corrected chi connectivity index (χ1v) is 7.38. The Labute approximate surface area is 127 Å². The zero-order valence-corrected chi connectivity index (χ0v) is 12.8. The lowest BCUT2D eigenvalue weighted by molar-refractivity contribution is 0.246. The van der Waals surface area contributed by atoms with E-state index >= 15 is 0 Å². The molecule has 0 aliphatic carbocycles. The van der Waals surface area contributed by atoms with Crippen LogP contribution in [0.2, 0.25) is 0 Å². The van der Waals surface area contributed by atoms with E-state index in [1.54, 1.807) is 0 Å². The van der Waals surface area contributed by atoms with Crippen molar-refractivity contribution < 1.29 is 9.47 Å². The van der Waals surface area contributed by atoms with E-state index in [1.165, 1.54) is 0 Å². The summed E-state index contributed by atoms with van der Waals surface area (Å²) in [5.74, 6) is 1.72. The van der Waals surface area contributed by atoms with Crippen LogP contribution in [0.3, 0.4) is 0 Å². The fourth-order valence-electron chi connectivity index (χ4n) is 1.80. The second-order valence-corrected chi connectivity index (χ2v) is 5.24. The second-order valence-electron chi connectivity index (χ2n) is 4.32. The first-order chi connectivity index (χ1) is 9.79. The summed E-state index contributed by atoms with van der Waals surface area (Å²) < 4.78 is 12.4. The van der Waals surface area contributed by atoms with Crippen molar-refractivity contribution in [2.75, 3.05) is 13.2 Å². The van der Waals surface area contributed by atoms with Crippen molar-refractivity contribution >= 4 is 15.9 Å². The molecule has 0 fully saturated rings. The van der Waals surface area contributed by atoms with Gasteiger partial charge in [-0.05, 0) is 24.3 Å². The van der Waals surface area contributed by atoms with Gasteiger partial charge in [-0.3, -0.25) is 0 Å². The fourth-order valence-corrected chi connectivity index (χ4v) is 2.18. The Morgan fingerprint density at radius 1 is 0.950 bits per heavy atom. The lowest BCUT2D eigenvalue weighted by atomic mass is 10.2. The van der Waals surface area contributed by atoms with E-state index in [-0.39, 0.29) is 0 Å². The highest BCUT2D eigenvalue weighted by Crippen LogP contribution is 2.19. The van der Waals surface area contributed by atoms with E-state index < -0.39 is 0 Å². The lowest BCUT2D eigenvalue weighted by Gasteiger charge is -2.10. The molecule has 0 saturated heterocycles. The van der Waals surface area contributed by atoms with E-state index in [0.29, 0.717) is 19.8 Å². The van der Waals surface area contributed by atoms with Crippen molar-refractivity contribution in [2.24, 2.45) is 5.73 Å². The van der Waals surface area contributed by atoms with Gasteiger partial charge in [-0.1, -0.05) is 40.2 Å². The minimum atomic E-state index is 0.491. The predicted molar refractivity (Wildman–Crippen MR) is 84.1 cm³/mol. The van der Waals surface area contributed by atoms with Crippen molar-refractivity contribution in [2.45, 2.75) is 13.0 Å². The number of hydrogen-bond acceptors (Lipinski definition) is 3.